The molecule has 0 radical (unpaired) electrons. The lowest BCUT2D eigenvalue weighted by Crippen LogP contribution is -2.43. The number of benzene rings is 1. The van der Waals surface area contributed by atoms with Crippen molar-refractivity contribution in [2.45, 2.75) is 13.1 Å². The molecule has 1 rings (SSSR count). The fourth-order valence-corrected chi connectivity index (χ4v) is 2.09. The minimum Gasteiger partial charge on any atom is -0.395 e. The maximum atomic E-state index is 12.6. The van der Waals surface area contributed by atoms with Gasteiger partial charge in [0.2, 0.25) is 0 Å². The molecule has 0 aliphatic rings. The van der Waals surface area contributed by atoms with E-state index in [0.29, 0.717) is 5.69 Å². The van der Waals surface area contributed by atoms with E-state index in [1.165, 1.54) is 18.2 Å². The van der Waals surface area contributed by atoms with Crippen LogP contribution in [0.15, 0.2) is 18.2 Å². The van der Waals surface area contributed by atoms with Gasteiger partial charge in [0, 0.05) is 25.2 Å². The second-order valence-corrected chi connectivity index (χ2v) is 5.51. The molecule has 134 valence electrons. The minimum absolute atomic E-state index is 0.125. The Bertz CT molecular complexity index is 573. The van der Waals surface area contributed by atoms with E-state index in [-0.39, 0.29) is 43.7 Å². The van der Waals surface area contributed by atoms with Crippen LogP contribution in [0, 0.1) is 10.1 Å². The number of aliphatic hydroxyl groups is 2. The molecule has 3 N–H and O–H groups in total. The number of rotatable bonds is 9. The van der Waals surface area contributed by atoms with E-state index in [1.54, 1.807) is 30.8 Å². The number of carbonyl (C=O) groups excluding carboxylic acids is 1. The summed E-state index contributed by atoms with van der Waals surface area (Å²) in [6.45, 7) is 1.83. The highest BCUT2D eigenvalue weighted by atomic mass is 16.6. The molecule has 0 heterocycles. The van der Waals surface area contributed by atoms with Crippen LogP contribution in [-0.4, -0.2) is 72.5 Å². The van der Waals surface area contributed by atoms with Crippen molar-refractivity contribution in [3.8, 4) is 0 Å². The van der Waals surface area contributed by atoms with Crippen LogP contribution in [0.4, 0.5) is 11.4 Å². The Morgan fingerprint density at radius 1 is 1.29 bits per heavy atom. The molecule has 1 atom stereocenters. The van der Waals surface area contributed by atoms with Gasteiger partial charge in [0.25, 0.3) is 11.6 Å². The van der Waals surface area contributed by atoms with E-state index in [2.05, 4.69) is 5.32 Å². The summed E-state index contributed by atoms with van der Waals surface area (Å²) >= 11 is 0. The zero-order valence-corrected chi connectivity index (χ0v) is 14.1. The van der Waals surface area contributed by atoms with Crippen molar-refractivity contribution in [1.82, 2.24) is 10.2 Å². The molecule has 9 nitrogen and oxygen atoms in total. The molecule has 0 saturated carbocycles. The van der Waals surface area contributed by atoms with E-state index < -0.39 is 10.8 Å². The number of nitro groups is 1. The summed E-state index contributed by atoms with van der Waals surface area (Å²) in [4.78, 5) is 26.4. The SMILES string of the molecule is CC(NC(=O)c1cc([N+](=O)[O-])ccc1N(CCO)CCO)N(C)C. The number of nitrogens with one attached hydrogen (secondary N) is 1. The normalized spacial score (nSPS) is 12.1. The fourth-order valence-electron chi connectivity index (χ4n) is 2.09. The number of carbonyl (C=O) groups is 1. The van der Waals surface area contributed by atoms with Crippen LogP contribution in [0.1, 0.15) is 17.3 Å². The quantitative estimate of drug-likeness (QED) is 0.329. The highest BCUT2D eigenvalue weighted by Crippen LogP contribution is 2.25. The van der Waals surface area contributed by atoms with Crippen molar-refractivity contribution in [3.05, 3.63) is 33.9 Å². The predicted octanol–water partition coefficient (Wildman–Crippen LogP) is 0.0232. The average Bonchev–Trinajstić information content (AvgIpc) is 2.53. The summed E-state index contributed by atoms with van der Waals surface area (Å²) < 4.78 is 0. The van der Waals surface area contributed by atoms with Crippen LogP contribution in [-0.2, 0) is 0 Å². The van der Waals surface area contributed by atoms with Crippen molar-refractivity contribution >= 4 is 17.3 Å². The standard InChI is InChI=1S/C15H24N4O5/c1-11(17(2)3)16-15(22)13-10-12(19(23)24)4-5-14(13)18(6-8-20)7-9-21/h4-5,10-11,20-21H,6-9H2,1-3H3,(H,16,22). The number of anilines is 1. The van der Waals surface area contributed by atoms with Gasteiger partial charge in [0.05, 0.1) is 35.6 Å². The molecule has 1 unspecified atom stereocenters. The smallest absolute Gasteiger partial charge is 0.270 e. The average molecular weight is 340 g/mol. The summed E-state index contributed by atoms with van der Waals surface area (Å²) in [5, 5.41) is 32.1. The van der Waals surface area contributed by atoms with E-state index in [1.807, 2.05) is 0 Å². The topological polar surface area (TPSA) is 119 Å². The maximum absolute atomic E-state index is 12.6. The minimum atomic E-state index is -0.571. The number of nitrogens with zero attached hydrogens (tertiary/aromatic N) is 3. The molecule has 0 saturated heterocycles. The summed E-state index contributed by atoms with van der Waals surface area (Å²) in [5.74, 6) is -0.462. The van der Waals surface area contributed by atoms with E-state index in [0.717, 1.165) is 0 Å². The van der Waals surface area contributed by atoms with Crippen molar-refractivity contribution in [3.63, 3.8) is 0 Å². The molecule has 0 aliphatic carbocycles. The van der Waals surface area contributed by atoms with Crippen LogP contribution in [0.3, 0.4) is 0 Å². The van der Waals surface area contributed by atoms with Crippen LogP contribution in [0.25, 0.3) is 0 Å². The van der Waals surface area contributed by atoms with Crippen molar-refractivity contribution < 1.29 is 19.9 Å². The van der Waals surface area contributed by atoms with Crippen molar-refractivity contribution in [1.29, 1.82) is 0 Å². The van der Waals surface area contributed by atoms with Crippen molar-refractivity contribution in [2.24, 2.45) is 0 Å². The molecule has 1 aromatic carbocycles. The monoisotopic (exact) mass is 340 g/mol. The molecule has 9 heteroatoms. The van der Waals surface area contributed by atoms with Crippen LogP contribution in [0.5, 0.6) is 0 Å². The fraction of sp³-hybridized carbons (Fsp3) is 0.533. The lowest BCUT2D eigenvalue weighted by molar-refractivity contribution is -0.384. The van der Waals surface area contributed by atoms with E-state index in [9.17, 15) is 25.1 Å². The van der Waals surface area contributed by atoms with E-state index in [4.69, 9.17) is 0 Å². The van der Waals surface area contributed by atoms with Gasteiger partial charge in [-0.25, -0.2) is 0 Å². The summed E-state index contributed by atoms with van der Waals surface area (Å²) in [5.41, 5.74) is 0.348. The third-order valence-electron chi connectivity index (χ3n) is 3.63. The van der Waals surface area contributed by atoms with E-state index >= 15 is 0 Å². The third-order valence-corrected chi connectivity index (χ3v) is 3.63. The highest BCUT2D eigenvalue weighted by Gasteiger charge is 2.21. The second-order valence-electron chi connectivity index (χ2n) is 5.51. The molecule has 24 heavy (non-hydrogen) atoms. The summed E-state index contributed by atoms with van der Waals surface area (Å²) in [7, 11) is 3.59. The first kappa shape index (κ1) is 19.8. The summed E-state index contributed by atoms with van der Waals surface area (Å²) in [6.07, 6.45) is -0.270. The lowest BCUT2D eigenvalue weighted by atomic mass is 10.1. The molecule has 0 aliphatic heterocycles. The lowest BCUT2D eigenvalue weighted by Gasteiger charge is -2.26. The molecular weight excluding hydrogens is 316 g/mol. The Balaban J connectivity index is 3.27. The Labute approximate surface area is 140 Å². The van der Waals surface area contributed by atoms with Gasteiger partial charge in [0.1, 0.15) is 0 Å². The van der Waals surface area contributed by atoms with Gasteiger partial charge in [-0.1, -0.05) is 0 Å². The number of amides is 1. The van der Waals surface area contributed by atoms with Gasteiger partial charge >= 0.3 is 0 Å². The molecular formula is C15H24N4O5. The van der Waals surface area contributed by atoms with Gasteiger partial charge in [-0.2, -0.15) is 0 Å². The van der Waals surface area contributed by atoms with Gasteiger partial charge < -0.3 is 20.4 Å². The second kappa shape index (κ2) is 9.16. The molecule has 0 bridgehead atoms. The zero-order valence-electron chi connectivity index (χ0n) is 14.1. The highest BCUT2D eigenvalue weighted by molar-refractivity contribution is 6.00. The number of non-ortho nitro benzene ring substituents is 1. The Kier molecular flexibility index (Phi) is 7.56. The first-order valence-corrected chi connectivity index (χ1v) is 7.54. The molecule has 1 amide bonds. The molecule has 0 aromatic heterocycles. The number of nitro benzene ring substituents is 1. The van der Waals surface area contributed by atoms with Crippen molar-refractivity contribution in [2.75, 3.05) is 45.3 Å². The molecule has 1 aromatic rings. The molecule has 0 fully saturated rings. The van der Waals surface area contributed by atoms with Gasteiger partial charge in [0.15, 0.2) is 0 Å². The first-order chi connectivity index (χ1) is 11.3. The predicted molar refractivity (Wildman–Crippen MR) is 90.1 cm³/mol. The number of aliphatic hydroxyl groups excluding tert-OH is 2. The largest absolute Gasteiger partial charge is 0.395 e. The van der Waals surface area contributed by atoms with Gasteiger partial charge in [-0.3, -0.25) is 19.8 Å². The van der Waals surface area contributed by atoms with Crippen LogP contribution >= 0.6 is 0 Å². The van der Waals surface area contributed by atoms with Crippen LogP contribution < -0.4 is 10.2 Å². The number of hydrogen-bond donors (Lipinski definition) is 3. The van der Waals surface area contributed by atoms with Gasteiger partial charge in [-0.15, -0.1) is 0 Å². The zero-order chi connectivity index (χ0) is 18.3. The number of hydrogen-bond acceptors (Lipinski definition) is 7. The Morgan fingerprint density at radius 3 is 2.33 bits per heavy atom. The Morgan fingerprint density at radius 2 is 1.88 bits per heavy atom. The van der Waals surface area contributed by atoms with Crippen LogP contribution in [0.2, 0.25) is 0 Å². The first-order valence-electron chi connectivity index (χ1n) is 7.54. The maximum Gasteiger partial charge on any atom is 0.270 e. The van der Waals surface area contributed by atoms with Gasteiger partial charge in [-0.05, 0) is 27.1 Å². The third kappa shape index (κ3) is 5.15. The molecule has 0 spiro atoms. The summed E-state index contributed by atoms with van der Waals surface area (Å²) in [6, 6.07) is 3.96. The Hall–Kier alpha value is -2.23.